The fraction of sp³-hybridized carbons (Fsp3) is 0.467. The molecule has 1 aromatic rings. The molecule has 114 valence electrons. The molecule has 1 fully saturated rings. The fourth-order valence-corrected chi connectivity index (χ4v) is 2.90. The van der Waals surface area contributed by atoms with Crippen molar-refractivity contribution in [3.8, 4) is 0 Å². The molecule has 0 aromatic heterocycles. The molecular formula is C15H20FN3OS. The van der Waals surface area contributed by atoms with Crippen molar-refractivity contribution in [3.63, 3.8) is 0 Å². The van der Waals surface area contributed by atoms with Crippen LogP contribution in [0.3, 0.4) is 0 Å². The van der Waals surface area contributed by atoms with E-state index < -0.39 is 0 Å². The first-order valence-electron chi connectivity index (χ1n) is 7.03. The number of rotatable bonds is 4. The molecule has 1 amide bonds. The van der Waals surface area contributed by atoms with Crippen LogP contribution in [0.1, 0.15) is 24.0 Å². The normalized spacial score (nSPS) is 16.7. The number of nitrogens with one attached hydrogen (secondary N) is 1. The Bertz CT molecular complexity index is 542. The van der Waals surface area contributed by atoms with Crippen LogP contribution in [-0.2, 0) is 11.3 Å². The van der Waals surface area contributed by atoms with Crippen LogP contribution in [-0.4, -0.2) is 35.9 Å². The number of hydrogen-bond acceptors (Lipinski definition) is 3. The van der Waals surface area contributed by atoms with Gasteiger partial charge in [0.05, 0.1) is 0 Å². The van der Waals surface area contributed by atoms with Crippen molar-refractivity contribution in [1.82, 2.24) is 10.2 Å². The third-order valence-electron chi connectivity index (χ3n) is 3.94. The van der Waals surface area contributed by atoms with Gasteiger partial charge in [-0.2, -0.15) is 0 Å². The predicted molar refractivity (Wildman–Crippen MR) is 84.4 cm³/mol. The molecule has 4 nitrogen and oxygen atoms in total. The highest BCUT2D eigenvalue weighted by atomic mass is 32.1. The van der Waals surface area contributed by atoms with Gasteiger partial charge < -0.3 is 11.1 Å². The molecule has 0 aliphatic carbocycles. The lowest BCUT2D eigenvalue weighted by molar-refractivity contribution is -0.125. The van der Waals surface area contributed by atoms with Crippen LogP contribution in [0.5, 0.6) is 0 Å². The maximum absolute atomic E-state index is 13.3. The lowest BCUT2D eigenvalue weighted by Gasteiger charge is -2.31. The van der Waals surface area contributed by atoms with Gasteiger partial charge in [-0.3, -0.25) is 9.69 Å². The minimum Gasteiger partial charge on any atom is -0.389 e. The second kappa shape index (κ2) is 6.95. The molecular weight excluding hydrogens is 289 g/mol. The van der Waals surface area contributed by atoms with Crippen molar-refractivity contribution in [2.75, 3.05) is 20.1 Å². The zero-order chi connectivity index (χ0) is 15.4. The molecule has 0 atom stereocenters. The highest BCUT2D eigenvalue weighted by Crippen LogP contribution is 2.21. The van der Waals surface area contributed by atoms with Gasteiger partial charge in [0, 0.05) is 25.1 Å². The molecule has 2 rings (SSSR count). The maximum Gasteiger partial charge on any atom is 0.222 e. The first-order valence-corrected chi connectivity index (χ1v) is 7.44. The molecule has 0 unspecified atom stereocenters. The number of hydrogen-bond donors (Lipinski definition) is 2. The number of nitrogens with zero attached hydrogens (tertiary/aromatic N) is 1. The number of benzene rings is 1. The third-order valence-corrected chi connectivity index (χ3v) is 4.16. The molecule has 6 heteroatoms. The van der Waals surface area contributed by atoms with E-state index in [0.717, 1.165) is 31.5 Å². The zero-order valence-electron chi connectivity index (χ0n) is 12.1. The van der Waals surface area contributed by atoms with E-state index in [9.17, 15) is 9.18 Å². The summed E-state index contributed by atoms with van der Waals surface area (Å²) in [5.41, 5.74) is 7.19. The summed E-state index contributed by atoms with van der Waals surface area (Å²) in [6.07, 6.45) is 1.67. The molecule has 21 heavy (non-hydrogen) atoms. The van der Waals surface area contributed by atoms with Crippen LogP contribution < -0.4 is 11.1 Å². The summed E-state index contributed by atoms with van der Waals surface area (Å²) in [5, 5.41) is 2.70. The zero-order valence-corrected chi connectivity index (χ0v) is 12.9. The van der Waals surface area contributed by atoms with Gasteiger partial charge in [0.25, 0.3) is 0 Å². The number of likely N-dealkylation sites (tertiary alicyclic amines) is 1. The molecule has 1 saturated heterocycles. The second-order valence-electron chi connectivity index (χ2n) is 5.33. The first-order chi connectivity index (χ1) is 10.0. The second-order valence-corrected chi connectivity index (χ2v) is 5.77. The van der Waals surface area contributed by atoms with E-state index in [1.165, 1.54) is 12.1 Å². The highest BCUT2D eigenvalue weighted by Gasteiger charge is 2.24. The molecule has 1 heterocycles. The number of piperidine rings is 1. The SMILES string of the molecule is CNC(=O)C1CCN(Cc2ccc(F)cc2C(N)=S)CC1. The number of carbonyl (C=O) groups is 1. The summed E-state index contributed by atoms with van der Waals surface area (Å²) in [4.78, 5) is 14.1. The van der Waals surface area contributed by atoms with Gasteiger partial charge in [0.15, 0.2) is 0 Å². The largest absolute Gasteiger partial charge is 0.389 e. The van der Waals surface area contributed by atoms with Crippen LogP contribution >= 0.6 is 12.2 Å². The molecule has 3 N–H and O–H groups in total. The Kier molecular flexibility index (Phi) is 5.25. The van der Waals surface area contributed by atoms with Crippen molar-refractivity contribution < 1.29 is 9.18 Å². The molecule has 1 aliphatic heterocycles. The minimum atomic E-state index is -0.333. The lowest BCUT2D eigenvalue weighted by atomic mass is 9.95. The topological polar surface area (TPSA) is 58.4 Å². The van der Waals surface area contributed by atoms with Crippen molar-refractivity contribution in [1.29, 1.82) is 0 Å². The van der Waals surface area contributed by atoms with E-state index in [1.54, 1.807) is 13.1 Å². The molecule has 0 radical (unpaired) electrons. The third kappa shape index (κ3) is 3.98. The Morgan fingerprint density at radius 2 is 2.14 bits per heavy atom. The van der Waals surface area contributed by atoms with E-state index >= 15 is 0 Å². The average Bonchev–Trinajstić information content (AvgIpc) is 2.49. The summed E-state index contributed by atoms with van der Waals surface area (Å²) in [5.74, 6) is -0.130. The average molecular weight is 309 g/mol. The summed E-state index contributed by atoms with van der Waals surface area (Å²) < 4.78 is 13.3. The smallest absolute Gasteiger partial charge is 0.222 e. The van der Waals surface area contributed by atoms with E-state index in [0.29, 0.717) is 12.1 Å². The Balaban J connectivity index is 2.01. The van der Waals surface area contributed by atoms with Gasteiger partial charge in [-0.1, -0.05) is 18.3 Å². The van der Waals surface area contributed by atoms with Crippen LogP contribution in [0.25, 0.3) is 0 Å². The van der Waals surface area contributed by atoms with Crippen LogP contribution in [0.2, 0.25) is 0 Å². The van der Waals surface area contributed by atoms with E-state index in [2.05, 4.69) is 10.2 Å². The lowest BCUT2D eigenvalue weighted by Crippen LogP contribution is -2.39. The van der Waals surface area contributed by atoms with E-state index in [-0.39, 0.29) is 22.6 Å². The number of thiocarbonyl (C=S) groups is 1. The van der Waals surface area contributed by atoms with Gasteiger partial charge in [0.1, 0.15) is 10.8 Å². The quantitative estimate of drug-likeness (QED) is 0.826. The minimum absolute atomic E-state index is 0.0922. The van der Waals surface area contributed by atoms with Crippen molar-refractivity contribution in [3.05, 3.63) is 35.1 Å². The standard InChI is InChI=1S/C15H20FN3OS/c1-18-15(20)10-4-6-19(7-5-10)9-11-2-3-12(16)8-13(11)14(17)21/h2-3,8,10H,4-7,9H2,1H3,(H2,17,21)(H,18,20). The number of carbonyl (C=O) groups excluding carboxylic acids is 1. The first kappa shape index (κ1) is 15.9. The Hall–Kier alpha value is -1.53. The Morgan fingerprint density at radius 1 is 1.48 bits per heavy atom. The highest BCUT2D eigenvalue weighted by molar-refractivity contribution is 7.80. The van der Waals surface area contributed by atoms with Gasteiger partial charge in [-0.15, -0.1) is 0 Å². The number of amides is 1. The summed E-state index contributed by atoms with van der Waals surface area (Å²) in [6.45, 7) is 2.35. The van der Waals surface area contributed by atoms with Crippen LogP contribution in [0.4, 0.5) is 4.39 Å². The molecule has 1 aromatic carbocycles. The molecule has 0 bridgehead atoms. The predicted octanol–water partition coefficient (Wildman–Crippen LogP) is 1.42. The Labute approximate surface area is 129 Å². The van der Waals surface area contributed by atoms with Crippen LogP contribution in [0.15, 0.2) is 18.2 Å². The van der Waals surface area contributed by atoms with Gasteiger partial charge in [-0.25, -0.2) is 4.39 Å². The van der Waals surface area contributed by atoms with Crippen molar-refractivity contribution in [2.24, 2.45) is 11.7 Å². The van der Waals surface area contributed by atoms with E-state index in [4.69, 9.17) is 18.0 Å². The van der Waals surface area contributed by atoms with Gasteiger partial charge in [-0.05, 0) is 43.6 Å². The fourth-order valence-electron chi connectivity index (χ4n) is 2.71. The summed E-state index contributed by atoms with van der Waals surface area (Å²) in [6, 6.07) is 4.54. The van der Waals surface area contributed by atoms with Crippen molar-refractivity contribution >= 4 is 23.1 Å². The summed E-state index contributed by atoms with van der Waals surface area (Å²) >= 11 is 4.99. The maximum atomic E-state index is 13.3. The Morgan fingerprint density at radius 3 is 2.71 bits per heavy atom. The van der Waals surface area contributed by atoms with Crippen molar-refractivity contribution in [2.45, 2.75) is 19.4 Å². The molecule has 0 spiro atoms. The van der Waals surface area contributed by atoms with Gasteiger partial charge in [0.2, 0.25) is 5.91 Å². The van der Waals surface area contributed by atoms with Gasteiger partial charge >= 0.3 is 0 Å². The monoisotopic (exact) mass is 309 g/mol. The van der Waals surface area contributed by atoms with E-state index in [1.807, 2.05) is 0 Å². The van der Waals surface area contributed by atoms with Crippen LogP contribution in [0, 0.1) is 11.7 Å². The molecule has 1 aliphatic rings. The number of halogens is 1. The number of nitrogens with two attached hydrogens (primary N) is 1. The molecule has 0 saturated carbocycles. The summed E-state index contributed by atoms with van der Waals surface area (Å²) in [7, 11) is 1.67.